The Morgan fingerprint density at radius 2 is 0.657 bits per heavy atom. The maximum atomic E-state index is 13.0. The first-order valence-electron chi connectivity index (χ1n) is 44.6. The first kappa shape index (κ1) is 110. The van der Waals surface area contributed by atoms with Crippen molar-refractivity contribution in [3.8, 4) is 23.0 Å². The van der Waals surface area contributed by atoms with Crippen LogP contribution in [-0.2, 0) is 54.5 Å². The summed E-state index contributed by atoms with van der Waals surface area (Å²) in [6.07, 6.45) is -2.13. The number of nitrogens with one attached hydrogen (secondary N) is 11. The molecule has 24 N–H and O–H groups in total. The van der Waals surface area contributed by atoms with Crippen molar-refractivity contribution in [3.05, 3.63) is 200 Å². The van der Waals surface area contributed by atoms with Gasteiger partial charge < -0.3 is 130 Å². The predicted molar refractivity (Wildman–Crippen MR) is 520 cm³/mol. The molecule has 0 saturated carbocycles. The second-order valence-electron chi connectivity index (χ2n) is 36.5. The Morgan fingerprint density at radius 1 is 0.372 bits per heavy atom. The summed E-state index contributed by atoms with van der Waals surface area (Å²) >= 11 is 0. The lowest BCUT2D eigenvalue weighted by molar-refractivity contribution is -0.144. The van der Waals surface area contributed by atoms with Gasteiger partial charge in [0.15, 0.2) is 35.4 Å². The van der Waals surface area contributed by atoms with Crippen LogP contribution in [0.4, 0.5) is 22.7 Å². The molecule has 7 unspecified atom stereocenters. The average molecular weight is 1900 g/mol. The number of carboxylic acids is 3. The van der Waals surface area contributed by atoms with E-state index in [0.29, 0.717) is 79.4 Å². The molecule has 7 atom stereocenters. The van der Waals surface area contributed by atoms with Crippen molar-refractivity contribution in [1.82, 2.24) is 37.2 Å². The third-order valence-electron chi connectivity index (χ3n) is 21.0. The molecule has 3 amide bonds. The van der Waals surface area contributed by atoms with Gasteiger partial charge in [0.1, 0.15) is 29.5 Å². The number of nitrogens with two attached hydrogens (primary N) is 1. The molecule has 7 aromatic rings. The standard InChI is InChI=1S/C30H40N4O6.C28H36N4O6.C16H25NO2.C13H16N4O5.C11H13N3O4/c1-6-40-27(38)13-20(19-7-18(2)8-22(9-19)30(3,4)5)11-25(36)15-31-28(39)21-10-23(14-24(35)12-21)34-29-32-16-26(37)17-33-29;1-16-5-17(7-20(6-16)28(2,3)4)18(11-25(36)37)9-23(34)13-29-26(38)19-8-21(12-22(33)10-19)32-27-30-14-24(35)15-31-27;1-6-19-15(18)10-14(17)12-7-11(2)8-13(9-12)16(3,4)5;18-9-2-7(12(22)14-6-11(20)21)1-8(3-9)17-13-15-4-10(19)5-16-13;15-8-2-6(10(17)18)1-7(3-8)14-11-12-4-9(16)5-13-11/h7-10,12,14,20,26,35,37H,6,11,13,15-17H2,1-5H3,(H,31,39)(H2,32,33,34);5-8,10,12,18,24,33,35H,9,11,13-15H2,1-4H3,(H,29,38)(H,36,37)(H2,30,31,32);7-9,14H,6,10,17H2,1-5H3;1-3,10,18-19H,4-6H2,(H,14,22)(H,20,21)(H2,15,16,17);1-3,9,15-16H,4-5H2,(H,17,18)(H2,12,13,14). The molecular weight excluding hydrogens is 1770 g/mol. The molecule has 0 bridgehead atoms. The number of rotatable bonds is 29. The van der Waals surface area contributed by atoms with Crippen LogP contribution >= 0.6 is 0 Å². The highest BCUT2D eigenvalue weighted by atomic mass is 16.5. The summed E-state index contributed by atoms with van der Waals surface area (Å²) in [6, 6.07) is 34.5. The van der Waals surface area contributed by atoms with Gasteiger partial charge in [-0.15, -0.1) is 0 Å². The first-order valence-corrected chi connectivity index (χ1v) is 44.6. The molecule has 0 spiro atoms. The number of aliphatic hydroxyl groups excluding tert-OH is 4. The Bertz CT molecular complexity index is 5560. The van der Waals surface area contributed by atoms with E-state index in [1.807, 2.05) is 44.2 Å². The lowest BCUT2D eigenvalue weighted by atomic mass is 9.81. The minimum atomic E-state index is -1.16. The lowest BCUT2D eigenvalue weighted by Gasteiger charge is -2.23. The molecule has 4 aliphatic rings. The number of Topliss-reactive ketones (excluding diaryl/α,β-unsaturated/α-hetero) is 2. The van der Waals surface area contributed by atoms with Crippen LogP contribution in [0.2, 0.25) is 0 Å². The molecule has 0 saturated heterocycles. The summed E-state index contributed by atoms with van der Waals surface area (Å²) in [4.78, 5) is 136. The summed E-state index contributed by atoms with van der Waals surface area (Å²) < 4.78 is 10.1. The number of guanidine groups is 4. The molecule has 7 aromatic carbocycles. The number of nitrogens with zero attached hydrogens (tertiary/aromatic N) is 4. The fourth-order valence-electron chi connectivity index (χ4n) is 14.0. The SMILES string of the molecule is CCOC(=O)CC(CC(=O)CNC(=O)c1cc(O)cc(NC2=NCC(O)CN2)c1)c1cc(C)cc(C(C)(C)C)c1.CCOC(=O)CC(N)c1cc(C)cc(C(C)(C)C)c1.Cc1cc(C(CC(=O)O)CC(=O)CNC(=O)c2cc(O)cc(NC3=NCC(O)CN3)c2)cc(C(C)(C)C)c1.O=C(O)CNC(=O)c1cc(O)cc(NC2=NCC(O)CN2)c1.O=C(O)c1cc(O)cc(NC2=NCC(O)CN2)c1. The number of amides is 3. The van der Waals surface area contributed by atoms with Crippen LogP contribution in [0.15, 0.2) is 147 Å². The smallest absolute Gasteiger partial charge is 0.335 e. The van der Waals surface area contributed by atoms with E-state index in [9.17, 15) is 93.9 Å². The van der Waals surface area contributed by atoms with Crippen molar-refractivity contribution >= 4 is 106 Å². The number of aromatic carboxylic acids is 1. The molecular formula is C98H130N16O23. The number of carbonyl (C=O) groups is 10. The number of carbonyl (C=O) groups excluding carboxylic acids is 7. The van der Waals surface area contributed by atoms with Gasteiger partial charge in [0, 0.05) is 121 Å². The average Bonchev–Trinajstić information content (AvgIpc) is 0.820. The van der Waals surface area contributed by atoms with Crippen LogP contribution in [-0.4, -0.2) is 249 Å². The van der Waals surface area contributed by atoms with Crippen LogP contribution in [0.3, 0.4) is 0 Å². The van der Waals surface area contributed by atoms with Crippen molar-refractivity contribution in [2.45, 2.75) is 188 Å². The van der Waals surface area contributed by atoms with Crippen LogP contribution in [0.25, 0.3) is 0 Å². The molecule has 39 heteroatoms. The zero-order valence-electron chi connectivity index (χ0n) is 79.6. The normalized spacial score (nSPS) is 16.1. The number of benzene rings is 7. The number of aliphatic carboxylic acids is 2. The maximum absolute atomic E-state index is 13.0. The molecule has 0 aliphatic carbocycles. The minimum Gasteiger partial charge on any atom is -0.508 e. The highest BCUT2D eigenvalue weighted by Gasteiger charge is 2.29. The molecule has 0 aromatic heterocycles. The van der Waals surface area contributed by atoms with Gasteiger partial charge in [-0.3, -0.25) is 63.1 Å². The van der Waals surface area contributed by atoms with Crippen LogP contribution in [0, 0.1) is 20.8 Å². The van der Waals surface area contributed by atoms with Crippen molar-refractivity contribution in [2.24, 2.45) is 25.7 Å². The van der Waals surface area contributed by atoms with Crippen molar-refractivity contribution in [3.63, 3.8) is 0 Å². The fourth-order valence-corrected chi connectivity index (χ4v) is 14.0. The van der Waals surface area contributed by atoms with E-state index in [2.05, 4.69) is 172 Å². The molecule has 0 radical (unpaired) electrons. The van der Waals surface area contributed by atoms with E-state index in [1.165, 1.54) is 77.9 Å². The highest BCUT2D eigenvalue weighted by molar-refractivity contribution is 6.03. The largest absolute Gasteiger partial charge is 0.508 e. The van der Waals surface area contributed by atoms with Gasteiger partial charge in [-0.05, 0) is 133 Å². The number of aliphatic hydroxyl groups is 4. The van der Waals surface area contributed by atoms with E-state index in [4.69, 9.17) is 25.4 Å². The van der Waals surface area contributed by atoms with Crippen LogP contribution in [0.5, 0.6) is 23.0 Å². The molecule has 11 rings (SSSR count). The Morgan fingerprint density at radius 3 is 0.942 bits per heavy atom. The van der Waals surface area contributed by atoms with Crippen molar-refractivity contribution in [1.29, 1.82) is 0 Å². The fraction of sp³-hybridized carbons (Fsp3) is 0.429. The van der Waals surface area contributed by atoms with Crippen molar-refractivity contribution < 1.29 is 114 Å². The summed E-state index contributed by atoms with van der Waals surface area (Å²) in [7, 11) is 0. The summed E-state index contributed by atoms with van der Waals surface area (Å²) in [5, 5.41) is 134. The number of aliphatic imine (C=N–C) groups is 4. The molecule has 39 nitrogen and oxygen atoms in total. The molecule has 740 valence electrons. The number of hydrogen-bond donors (Lipinski definition) is 23. The van der Waals surface area contributed by atoms with E-state index < -0.39 is 78.4 Å². The second-order valence-corrected chi connectivity index (χ2v) is 36.5. The topological polar surface area (TPSA) is 619 Å². The minimum absolute atomic E-state index is 0.0195. The van der Waals surface area contributed by atoms with Gasteiger partial charge in [-0.25, -0.2) is 4.79 Å². The lowest BCUT2D eigenvalue weighted by Crippen LogP contribution is -2.42. The van der Waals surface area contributed by atoms with E-state index in [0.717, 1.165) is 45.0 Å². The molecule has 4 aliphatic heterocycles. The Labute approximate surface area is 795 Å². The van der Waals surface area contributed by atoms with Gasteiger partial charge in [0.25, 0.3) is 17.7 Å². The van der Waals surface area contributed by atoms with Gasteiger partial charge in [0.2, 0.25) is 0 Å². The highest BCUT2D eigenvalue weighted by Crippen LogP contribution is 2.35. The number of phenolic OH excluding ortho intramolecular Hbond substituents is 4. The number of hydrogen-bond acceptors (Lipinski definition) is 33. The molecule has 137 heavy (non-hydrogen) atoms. The van der Waals surface area contributed by atoms with Gasteiger partial charge in [0.05, 0.1) is 102 Å². The number of β-amino-alcohol motifs (C(OH)–C–C–N with tert-alkyl or cyclic N) is 4. The number of ether oxygens (including phenoxy) is 2. The van der Waals surface area contributed by atoms with E-state index in [-0.39, 0.29) is 169 Å². The van der Waals surface area contributed by atoms with Crippen LogP contribution < -0.4 is 64.2 Å². The molecule has 0 fully saturated rings. The summed E-state index contributed by atoms with van der Waals surface area (Å²) in [5.74, 6) is -6.02. The number of carboxylic acid groups (broad SMARTS) is 3. The van der Waals surface area contributed by atoms with Crippen LogP contribution in [0.1, 0.15) is 218 Å². The first-order chi connectivity index (χ1) is 64.3. The number of aromatic hydroxyl groups is 4. The number of aryl methyl sites for hydroxylation is 3. The summed E-state index contributed by atoms with van der Waals surface area (Å²) in [6.45, 7) is 30.6. The zero-order chi connectivity index (χ0) is 101. The molecule has 4 heterocycles. The van der Waals surface area contributed by atoms with E-state index >= 15 is 0 Å². The monoisotopic (exact) mass is 1900 g/mol. The van der Waals surface area contributed by atoms with Crippen molar-refractivity contribution in [2.75, 3.05) is 106 Å². The Balaban J connectivity index is 0.000000243. The Kier molecular flexibility index (Phi) is 41.2. The van der Waals surface area contributed by atoms with Gasteiger partial charge >= 0.3 is 29.8 Å². The maximum Gasteiger partial charge on any atom is 0.335 e. The van der Waals surface area contributed by atoms with Gasteiger partial charge in [-0.1, -0.05) is 134 Å². The zero-order valence-corrected chi connectivity index (χ0v) is 79.6. The number of esters is 2. The quantitative estimate of drug-likeness (QED) is 0.0198. The Hall–Kier alpha value is -14.3. The predicted octanol–water partition coefficient (Wildman–Crippen LogP) is 7.84. The number of anilines is 4. The number of ketones is 2. The van der Waals surface area contributed by atoms with E-state index in [1.54, 1.807) is 13.8 Å². The third kappa shape index (κ3) is 38.6. The third-order valence-corrected chi connectivity index (χ3v) is 21.0. The van der Waals surface area contributed by atoms with Gasteiger partial charge in [-0.2, -0.15) is 0 Å². The number of phenols is 4. The summed E-state index contributed by atoms with van der Waals surface area (Å²) in [5.41, 5.74) is 17.2. The second kappa shape index (κ2) is 51.4.